The van der Waals surface area contributed by atoms with E-state index in [0.717, 1.165) is 21.8 Å². The highest BCUT2D eigenvalue weighted by Gasteiger charge is 2.50. The van der Waals surface area contributed by atoms with E-state index in [1.165, 1.54) is 0 Å². The van der Waals surface area contributed by atoms with Gasteiger partial charge in [-0.1, -0.05) is 18.2 Å². The van der Waals surface area contributed by atoms with Gasteiger partial charge in [-0.15, -0.1) is 0 Å². The van der Waals surface area contributed by atoms with Gasteiger partial charge in [-0.2, -0.15) is 5.01 Å². The van der Waals surface area contributed by atoms with Crippen molar-refractivity contribution in [3.05, 3.63) is 59.2 Å². The number of imide groups is 1. The predicted molar refractivity (Wildman–Crippen MR) is 111 cm³/mol. The average Bonchev–Trinajstić information content (AvgIpc) is 2.85. The molecule has 0 spiro atoms. The van der Waals surface area contributed by atoms with Crippen molar-refractivity contribution >= 4 is 35.0 Å². The fourth-order valence-corrected chi connectivity index (χ4v) is 3.39. The van der Waals surface area contributed by atoms with Crippen LogP contribution in [0.2, 0.25) is 0 Å². The lowest BCUT2D eigenvalue weighted by atomic mass is 9.92. The zero-order valence-electron chi connectivity index (χ0n) is 16.1. The van der Waals surface area contributed by atoms with Gasteiger partial charge < -0.3 is 15.4 Å². The standard InChI is InChI=1S/C20H22N4O3S/c1-12-8-13(2)10-15(9-12)21-18(28)23-24-17(25)20(3,22-19(24)26)14-6-5-7-16(11-14)27-4/h5-11H,1-4H3,(H,22,26)(H2,21,23,28)/t20-/m0/s1. The van der Waals surface area contributed by atoms with Crippen LogP contribution in [-0.2, 0) is 10.3 Å². The second-order valence-corrected chi connectivity index (χ2v) is 7.28. The van der Waals surface area contributed by atoms with Crippen LogP contribution >= 0.6 is 12.2 Å². The van der Waals surface area contributed by atoms with Crippen molar-refractivity contribution in [2.24, 2.45) is 0 Å². The number of anilines is 1. The van der Waals surface area contributed by atoms with Crippen LogP contribution in [0.4, 0.5) is 10.5 Å². The Morgan fingerprint density at radius 2 is 1.82 bits per heavy atom. The Morgan fingerprint density at radius 3 is 2.46 bits per heavy atom. The molecule has 2 aromatic carbocycles. The highest BCUT2D eigenvalue weighted by molar-refractivity contribution is 7.80. The van der Waals surface area contributed by atoms with Crippen LogP contribution in [0.3, 0.4) is 0 Å². The first kappa shape index (κ1) is 19.6. The molecule has 1 heterocycles. The number of hydrogen-bond acceptors (Lipinski definition) is 4. The summed E-state index contributed by atoms with van der Waals surface area (Å²) >= 11 is 5.28. The number of hydrogen-bond donors (Lipinski definition) is 3. The molecule has 0 radical (unpaired) electrons. The van der Waals surface area contributed by atoms with Crippen LogP contribution < -0.4 is 20.8 Å². The van der Waals surface area contributed by atoms with Crippen molar-refractivity contribution in [1.82, 2.24) is 15.8 Å². The Morgan fingerprint density at radius 1 is 1.14 bits per heavy atom. The summed E-state index contributed by atoms with van der Waals surface area (Å²) in [5.74, 6) is 0.134. The molecule has 3 N–H and O–H groups in total. The fourth-order valence-electron chi connectivity index (χ4n) is 3.18. The molecule has 146 valence electrons. The molecule has 1 saturated heterocycles. The van der Waals surface area contributed by atoms with Crippen molar-refractivity contribution in [3.63, 3.8) is 0 Å². The molecule has 1 aliphatic rings. The minimum Gasteiger partial charge on any atom is -0.497 e. The quantitative estimate of drug-likeness (QED) is 0.543. The molecule has 7 nitrogen and oxygen atoms in total. The predicted octanol–water partition coefficient (Wildman–Crippen LogP) is 2.98. The lowest BCUT2D eigenvalue weighted by Crippen LogP contribution is -2.49. The van der Waals surface area contributed by atoms with E-state index < -0.39 is 17.5 Å². The highest BCUT2D eigenvalue weighted by atomic mass is 32.1. The van der Waals surface area contributed by atoms with Gasteiger partial charge in [-0.25, -0.2) is 4.79 Å². The van der Waals surface area contributed by atoms with E-state index in [-0.39, 0.29) is 5.11 Å². The molecule has 0 saturated carbocycles. The van der Waals surface area contributed by atoms with Crippen LogP contribution in [0, 0.1) is 13.8 Å². The zero-order chi connectivity index (χ0) is 20.5. The normalized spacial score (nSPS) is 18.6. The highest BCUT2D eigenvalue weighted by Crippen LogP contribution is 2.30. The molecular weight excluding hydrogens is 376 g/mol. The number of nitrogens with one attached hydrogen (secondary N) is 3. The summed E-state index contributed by atoms with van der Waals surface area (Å²) in [6.45, 7) is 5.60. The molecule has 1 atom stereocenters. The third-order valence-corrected chi connectivity index (χ3v) is 4.72. The van der Waals surface area contributed by atoms with E-state index in [1.54, 1.807) is 38.3 Å². The number of urea groups is 1. The minimum atomic E-state index is -1.23. The third-order valence-electron chi connectivity index (χ3n) is 4.53. The van der Waals surface area contributed by atoms with E-state index in [0.29, 0.717) is 11.3 Å². The largest absolute Gasteiger partial charge is 0.497 e. The van der Waals surface area contributed by atoms with Crippen LogP contribution in [0.25, 0.3) is 0 Å². The number of nitrogens with zero attached hydrogens (tertiary/aromatic N) is 1. The SMILES string of the molecule is COc1cccc([C@]2(C)NC(=O)N(NC(=S)Nc3cc(C)cc(C)c3)C2=O)c1. The summed E-state index contributed by atoms with van der Waals surface area (Å²) in [7, 11) is 1.54. The van der Waals surface area contributed by atoms with Crippen molar-refractivity contribution < 1.29 is 14.3 Å². The Labute approximate surface area is 169 Å². The molecule has 3 amide bonds. The first-order valence-corrected chi connectivity index (χ1v) is 9.11. The molecule has 0 unspecified atom stereocenters. The molecule has 0 aliphatic carbocycles. The van der Waals surface area contributed by atoms with E-state index >= 15 is 0 Å². The van der Waals surface area contributed by atoms with Gasteiger partial charge in [-0.05, 0) is 73.9 Å². The molecule has 3 rings (SSSR count). The summed E-state index contributed by atoms with van der Waals surface area (Å²) < 4.78 is 5.21. The topological polar surface area (TPSA) is 82.7 Å². The summed E-state index contributed by atoms with van der Waals surface area (Å²) in [4.78, 5) is 25.4. The Kier molecular flexibility index (Phi) is 5.24. The molecule has 1 aliphatic heterocycles. The maximum atomic E-state index is 13.0. The summed E-state index contributed by atoms with van der Waals surface area (Å²) in [6, 6.07) is 12.3. The van der Waals surface area contributed by atoms with Gasteiger partial charge >= 0.3 is 6.03 Å². The first-order valence-electron chi connectivity index (χ1n) is 8.70. The van der Waals surface area contributed by atoms with Gasteiger partial charge in [-0.3, -0.25) is 10.2 Å². The molecule has 2 aromatic rings. The second-order valence-electron chi connectivity index (χ2n) is 6.87. The number of carbonyl (C=O) groups is 2. The summed E-state index contributed by atoms with van der Waals surface area (Å²) in [5.41, 5.74) is 4.99. The minimum absolute atomic E-state index is 0.142. The number of amides is 3. The first-order chi connectivity index (χ1) is 13.2. The number of rotatable bonds is 4. The maximum absolute atomic E-state index is 13.0. The van der Waals surface area contributed by atoms with Crippen molar-refractivity contribution in [2.45, 2.75) is 26.3 Å². The molecule has 28 heavy (non-hydrogen) atoms. The third kappa shape index (κ3) is 3.77. The van der Waals surface area contributed by atoms with Gasteiger partial charge in [0.15, 0.2) is 5.11 Å². The summed E-state index contributed by atoms with van der Waals surface area (Å²) in [6.07, 6.45) is 0. The number of aryl methyl sites for hydroxylation is 2. The van der Waals surface area contributed by atoms with E-state index in [4.69, 9.17) is 17.0 Å². The van der Waals surface area contributed by atoms with Crippen molar-refractivity contribution in [1.29, 1.82) is 0 Å². The van der Waals surface area contributed by atoms with Gasteiger partial charge in [0, 0.05) is 5.69 Å². The van der Waals surface area contributed by atoms with Crippen LogP contribution in [0.1, 0.15) is 23.6 Å². The van der Waals surface area contributed by atoms with Crippen LogP contribution in [0.5, 0.6) is 5.75 Å². The fraction of sp³-hybridized carbons (Fsp3) is 0.250. The number of hydrazine groups is 1. The monoisotopic (exact) mass is 398 g/mol. The molecule has 1 fully saturated rings. The summed E-state index contributed by atoms with van der Waals surface area (Å²) in [5, 5.41) is 6.75. The number of ether oxygens (including phenoxy) is 1. The average molecular weight is 398 g/mol. The Bertz CT molecular complexity index is 942. The smallest absolute Gasteiger partial charge is 0.344 e. The van der Waals surface area contributed by atoms with Crippen molar-refractivity contribution in [2.75, 3.05) is 12.4 Å². The van der Waals surface area contributed by atoms with Gasteiger partial charge in [0.25, 0.3) is 5.91 Å². The van der Waals surface area contributed by atoms with E-state index in [2.05, 4.69) is 16.1 Å². The number of methoxy groups -OCH3 is 1. The lowest BCUT2D eigenvalue weighted by Gasteiger charge is -2.23. The molecule has 8 heteroatoms. The van der Waals surface area contributed by atoms with E-state index in [1.807, 2.05) is 32.0 Å². The van der Waals surface area contributed by atoms with Gasteiger partial charge in [0.1, 0.15) is 11.3 Å². The maximum Gasteiger partial charge on any atom is 0.344 e. The van der Waals surface area contributed by atoms with Crippen LogP contribution in [-0.4, -0.2) is 29.2 Å². The number of thiocarbonyl (C=S) groups is 1. The second kappa shape index (κ2) is 7.47. The van der Waals surface area contributed by atoms with Crippen LogP contribution in [0.15, 0.2) is 42.5 Å². The van der Waals surface area contributed by atoms with Gasteiger partial charge in [0.05, 0.1) is 7.11 Å². The molecule has 0 aromatic heterocycles. The Hall–Kier alpha value is -3.13. The molecular formula is C20H22N4O3S. The van der Waals surface area contributed by atoms with E-state index in [9.17, 15) is 9.59 Å². The Balaban J connectivity index is 1.77. The van der Waals surface area contributed by atoms with Gasteiger partial charge in [0.2, 0.25) is 0 Å². The van der Waals surface area contributed by atoms with Crippen molar-refractivity contribution in [3.8, 4) is 5.75 Å². The lowest BCUT2D eigenvalue weighted by molar-refractivity contribution is -0.132. The number of carbonyl (C=O) groups excluding carboxylic acids is 2. The number of benzene rings is 2. The molecule has 0 bridgehead atoms. The zero-order valence-corrected chi connectivity index (χ0v) is 16.9.